The van der Waals surface area contributed by atoms with E-state index in [2.05, 4.69) is 0 Å². The van der Waals surface area contributed by atoms with Crippen LogP contribution in [0.15, 0.2) is 58.1 Å². The van der Waals surface area contributed by atoms with Crippen LogP contribution in [0.4, 0.5) is 0 Å². The van der Waals surface area contributed by atoms with Gasteiger partial charge in [0.25, 0.3) is 0 Å². The summed E-state index contributed by atoms with van der Waals surface area (Å²) in [6.45, 7) is 0. The molecule has 34 heavy (non-hydrogen) atoms. The van der Waals surface area contributed by atoms with Crippen molar-refractivity contribution in [1.82, 2.24) is 0 Å². The lowest BCUT2D eigenvalue weighted by Crippen LogP contribution is -2.58. The second-order valence-corrected chi connectivity index (χ2v) is 10.7. The molecule has 2 aromatic carbocycles. The van der Waals surface area contributed by atoms with Crippen LogP contribution < -0.4 is 10.9 Å². The van der Waals surface area contributed by atoms with Crippen molar-refractivity contribution in [2.24, 2.45) is 0 Å². The van der Waals surface area contributed by atoms with E-state index >= 15 is 0 Å². The van der Waals surface area contributed by atoms with E-state index < -0.39 is 11.2 Å². The van der Waals surface area contributed by atoms with Crippen LogP contribution in [-0.2, 0) is 9.47 Å². The first-order chi connectivity index (χ1) is 16.4. The average molecular weight is 463 g/mol. The zero-order chi connectivity index (χ0) is 23.5. The normalized spacial score (nSPS) is 36.4. The molecule has 4 aliphatic rings. The van der Waals surface area contributed by atoms with Crippen LogP contribution in [0.3, 0.4) is 0 Å². The topological polar surface area (TPSA) is 93.1 Å². The van der Waals surface area contributed by atoms with E-state index in [1.54, 1.807) is 12.1 Å². The van der Waals surface area contributed by atoms with Crippen molar-refractivity contribution in [3.63, 3.8) is 0 Å². The van der Waals surface area contributed by atoms with Crippen LogP contribution in [0, 0.1) is 0 Å². The van der Waals surface area contributed by atoms with E-state index in [1.165, 1.54) is 18.2 Å². The second kappa shape index (κ2) is 7.92. The number of hydrogen-bond acceptors (Lipinski definition) is 6. The van der Waals surface area contributed by atoms with Gasteiger partial charge in [-0.25, -0.2) is 0 Å². The van der Waals surface area contributed by atoms with Crippen molar-refractivity contribution in [3.05, 3.63) is 80.1 Å². The molecule has 4 fully saturated rings. The van der Waals surface area contributed by atoms with Gasteiger partial charge in [-0.15, -0.1) is 0 Å². The predicted octanol–water partition coefficient (Wildman–Crippen LogP) is 4.11. The summed E-state index contributed by atoms with van der Waals surface area (Å²) >= 11 is 0. The molecule has 178 valence electrons. The van der Waals surface area contributed by atoms with Crippen LogP contribution >= 0.6 is 0 Å². The molecule has 0 amide bonds. The van der Waals surface area contributed by atoms with E-state index in [4.69, 9.17) is 9.47 Å². The minimum absolute atomic E-state index is 0.144. The van der Waals surface area contributed by atoms with Gasteiger partial charge in [-0.1, -0.05) is 24.3 Å². The maximum absolute atomic E-state index is 11.9. The Morgan fingerprint density at radius 3 is 1.97 bits per heavy atom. The Balaban J connectivity index is 1.35. The maximum Gasteiger partial charge on any atom is 0.220 e. The van der Waals surface area contributed by atoms with Gasteiger partial charge in [-0.05, 0) is 98.6 Å². The molecule has 0 spiro atoms. The summed E-state index contributed by atoms with van der Waals surface area (Å²) in [6.07, 6.45) is 7.57. The van der Waals surface area contributed by atoms with Gasteiger partial charge in [0, 0.05) is 0 Å². The zero-order valence-electron chi connectivity index (χ0n) is 19.1. The fourth-order valence-corrected chi connectivity index (χ4v) is 7.15. The summed E-state index contributed by atoms with van der Waals surface area (Å²) < 4.78 is 13.6. The number of aromatic hydroxyl groups is 2. The molecule has 6 atom stereocenters. The van der Waals surface area contributed by atoms with Crippen molar-refractivity contribution < 1.29 is 19.7 Å². The van der Waals surface area contributed by atoms with Crippen molar-refractivity contribution in [2.45, 2.75) is 86.6 Å². The van der Waals surface area contributed by atoms with Gasteiger partial charge in [-0.2, -0.15) is 0 Å². The van der Waals surface area contributed by atoms with E-state index in [1.807, 2.05) is 18.2 Å². The third-order valence-corrected chi connectivity index (χ3v) is 8.75. The molecule has 0 aliphatic carbocycles. The highest BCUT2D eigenvalue weighted by Gasteiger charge is 2.64. The Hall–Kier alpha value is -2.70. The van der Waals surface area contributed by atoms with Gasteiger partial charge in [0.05, 0.1) is 23.4 Å². The van der Waals surface area contributed by atoms with Crippen LogP contribution in [-0.4, -0.2) is 33.6 Å². The van der Waals surface area contributed by atoms with Gasteiger partial charge in [-0.3, -0.25) is 9.59 Å². The minimum Gasteiger partial charge on any atom is -0.504 e. The van der Waals surface area contributed by atoms with Crippen LogP contribution in [0.2, 0.25) is 0 Å². The van der Waals surface area contributed by atoms with Gasteiger partial charge in [0.15, 0.2) is 11.5 Å². The molecule has 6 rings (SSSR count). The Bertz CT molecular complexity index is 1240. The van der Waals surface area contributed by atoms with Crippen molar-refractivity contribution >= 4 is 0 Å². The van der Waals surface area contributed by atoms with E-state index in [0.29, 0.717) is 0 Å². The molecule has 4 bridgehead atoms. The minimum atomic E-state index is -0.402. The first-order valence-corrected chi connectivity index (χ1v) is 12.4. The molecule has 0 aromatic heterocycles. The van der Waals surface area contributed by atoms with Gasteiger partial charge >= 0.3 is 0 Å². The standard InChI is InChI=1S/C28H30O6/c29-23-3-1-2-18(14-26(23)32)20-13-22-9-11-28(16-20,34-22)27-10-8-21(33-27)12-19(15-27)17-4-6-24(30)25(31)7-5-17/h1-7,14,19-22H,8-13,15-16H2,(H,29,32)(H,30,31). The summed E-state index contributed by atoms with van der Waals surface area (Å²) in [7, 11) is 0. The molecular formula is C28H30O6. The lowest BCUT2D eigenvalue weighted by atomic mass is 9.68. The molecule has 4 heterocycles. The number of rotatable bonds is 3. The smallest absolute Gasteiger partial charge is 0.220 e. The van der Waals surface area contributed by atoms with Crippen LogP contribution in [0.25, 0.3) is 0 Å². The van der Waals surface area contributed by atoms with Crippen molar-refractivity contribution in [2.75, 3.05) is 0 Å². The largest absolute Gasteiger partial charge is 0.504 e. The Kier molecular flexibility index (Phi) is 5.08. The molecule has 0 saturated carbocycles. The molecule has 6 unspecified atom stereocenters. The summed E-state index contributed by atoms with van der Waals surface area (Å²) in [4.78, 5) is 23.8. The highest BCUT2D eigenvalue weighted by atomic mass is 16.6. The molecule has 2 N–H and O–H groups in total. The predicted molar refractivity (Wildman–Crippen MR) is 126 cm³/mol. The Morgan fingerprint density at radius 1 is 0.706 bits per heavy atom. The van der Waals surface area contributed by atoms with Crippen molar-refractivity contribution in [3.8, 4) is 11.5 Å². The summed E-state index contributed by atoms with van der Waals surface area (Å²) in [5, 5.41) is 20.0. The van der Waals surface area contributed by atoms with Crippen LogP contribution in [0.5, 0.6) is 11.5 Å². The van der Waals surface area contributed by atoms with Crippen molar-refractivity contribution in [1.29, 1.82) is 0 Å². The molecule has 2 aromatic rings. The molecule has 0 radical (unpaired) electrons. The summed E-state index contributed by atoms with van der Waals surface area (Å²) in [5.74, 6) is -0.0246. The third kappa shape index (κ3) is 3.46. The monoisotopic (exact) mass is 462 g/mol. The van der Waals surface area contributed by atoms with Gasteiger partial charge < -0.3 is 19.7 Å². The molecular weight excluding hydrogens is 432 g/mol. The lowest BCUT2D eigenvalue weighted by molar-refractivity contribution is -0.232. The molecule has 4 saturated heterocycles. The Morgan fingerprint density at radius 2 is 1.29 bits per heavy atom. The Labute approximate surface area is 198 Å². The van der Waals surface area contributed by atoms with Gasteiger partial charge in [0.2, 0.25) is 10.9 Å². The number of hydrogen-bond donors (Lipinski definition) is 2. The summed E-state index contributed by atoms with van der Waals surface area (Å²) in [5.41, 5.74) is 0.501. The van der Waals surface area contributed by atoms with E-state index in [-0.39, 0.29) is 46.4 Å². The lowest BCUT2D eigenvalue weighted by Gasteiger charge is -2.52. The summed E-state index contributed by atoms with van der Waals surface area (Å²) in [6, 6.07) is 13.4. The first kappa shape index (κ1) is 21.8. The van der Waals surface area contributed by atoms with Gasteiger partial charge in [0.1, 0.15) is 0 Å². The molecule has 6 heteroatoms. The maximum atomic E-state index is 11.9. The fourth-order valence-electron chi connectivity index (χ4n) is 7.15. The fraction of sp³-hybridized carbons (Fsp3) is 0.500. The molecule has 4 aliphatic heterocycles. The highest BCUT2D eigenvalue weighted by Crippen LogP contribution is 2.61. The quantitative estimate of drug-likeness (QED) is 0.713. The van der Waals surface area contributed by atoms with E-state index in [0.717, 1.165) is 62.5 Å². The SMILES string of the molecule is O=c1ccc(C2CC3CCC(C45CCC(CC(c6cccc(=O)c(O)c6)C4)O5)(C2)O3)ccc1O. The average Bonchev–Trinajstić information content (AvgIpc) is 3.18. The zero-order valence-corrected chi connectivity index (χ0v) is 19.1. The second-order valence-electron chi connectivity index (χ2n) is 10.7. The first-order valence-electron chi connectivity index (χ1n) is 12.4. The van der Waals surface area contributed by atoms with E-state index in [9.17, 15) is 19.8 Å². The number of ether oxygens (including phenoxy) is 2. The number of fused-ring (bicyclic) bond motifs is 5. The highest BCUT2D eigenvalue weighted by molar-refractivity contribution is 5.32. The van der Waals surface area contributed by atoms with Crippen LogP contribution in [0.1, 0.15) is 74.3 Å². The third-order valence-electron chi connectivity index (χ3n) is 8.75. The molecule has 6 nitrogen and oxygen atoms in total.